The van der Waals surface area contributed by atoms with Gasteiger partial charge in [0.05, 0.1) is 11.3 Å². The summed E-state index contributed by atoms with van der Waals surface area (Å²) in [5.41, 5.74) is 5.26. The van der Waals surface area contributed by atoms with Gasteiger partial charge >= 0.3 is 5.97 Å². The highest BCUT2D eigenvalue weighted by atomic mass is 16.5. The largest absolute Gasteiger partial charge is 0.481 e. The summed E-state index contributed by atoms with van der Waals surface area (Å²) in [6.45, 7) is 1.88. The van der Waals surface area contributed by atoms with E-state index in [-0.39, 0.29) is 17.7 Å². The third-order valence-corrected chi connectivity index (χ3v) is 4.82. The number of carbonyl (C=O) groups is 2. The predicted molar refractivity (Wildman–Crippen MR) is 73.0 cm³/mol. The van der Waals surface area contributed by atoms with Gasteiger partial charge in [-0.05, 0) is 31.6 Å². The van der Waals surface area contributed by atoms with Crippen molar-refractivity contribution in [3.8, 4) is 0 Å². The van der Waals surface area contributed by atoms with Gasteiger partial charge in [0.2, 0.25) is 5.91 Å². The van der Waals surface area contributed by atoms with Crippen LogP contribution in [0.5, 0.6) is 0 Å². The number of carbonyl (C=O) groups excluding carboxylic acids is 1. The molecule has 1 saturated heterocycles. The van der Waals surface area contributed by atoms with Gasteiger partial charge in [0.25, 0.3) is 0 Å². The Morgan fingerprint density at radius 2 is 2.00 bits per heavy atom. The highest BCUT2D eigenvalue weighted by Crippen LogP contribution is 2.33. The van der Waals surface area contributed by atoms with E-state index in [1.54, 1.807) is 0 Å². The topological polar surface area (TPSA) is 102 Å². The summed E-state index contributed by atoms with van der Waals surface area (Å²) in [6, 6.07) is 0. The molecule has 0 aromatic carbocycles. The molecule has 2 unspecified atom stereocenters. The lowest BCUT2D eigenvalue weighted by molar-refractivity contribution is -0.143. The van der Waals surface area contributed by atoms with Crippen LogP contribution in [0.4, 0.5) is 0 Å². The number of rotatable bonds is 5. The average Bonchev–Trinajstić information content (AvgIpc) is 2.94. The summed E-state index contributed by atoms with van der Waals surface area (Å²) < 4.78 is 5.29. The van der Waals surface area contributed by atoms with E-state index in [9.17, 15) is 9.59 Å². The Labute approximate surface area is 119 Å². The number of aliphatic carboxylic acids is 1. The van der Waals surface area contributed by atoms with Gasteiger partial charge < -0.3 is 20.9 Å². The third kappa shape index (κ3) is 3.12. The number of amides is 1. The Hall–Kier alpha value is -1.14. The second kappa shape index (κ2) is 6.54. The van der Waals surface area contributed by atoms with Crippen molar-refractivity contribution in [2.45, 2.75) is 32.1 Å². The Morgan fingerprint density at radius 3 is 2.60 bits per heavy atom. The molecule has 2 fully saturated rings. The van der Waals surface area contributed by atoms with E-state index in [1.165, 1.54) is 0 Å². The maximum Gasteiger partial charge on any atom is 0.306 e. The second-order valence-corrected chi connectivity index (χ2v) is 5.94. The normalized spacial score (nSPS) is 29.1. The standard InChI is InChI=1S/C14H24N2O4/c15-9-14(4-6-20-7-5-14)13(19)16-8-10-2-1-3-11(10)12(17)18/h10-11H,1-9,15H2,(H,16,19)(H,17,18). The number of ether oxygens (including phenoxy) is 1. The predicted octanol–water partition coefficient (Wildman–Crippen LogP) is 0.359. The number of nitrogens with two attached hydrogens (primary N) is 1. The molecular weight excluding hydrogens is 260 g/mol. The molecule has 0 aromatic heterocycles. The molecule has 6 heteroatoms. The Bertz CT molecular complexity index is 366. The fourth-order valence-electron chi connectivity index (χ4n) is 3.30. The summed E-state index contributed by atoms with van der Waals surface area (Å²) in [6.07, 6.45) is 3.79. The number of hydrogen-bond acceptors (Lipinski definition) is 4. The molecule has 0 radical (unpaired) electrons. The van der Waals surface area contributed by atoms with Crippen LogP contribution in [-0.4, -0.2) is 43.3 Å². The van der Waals surface area contributed by atoms with Gasteiger partial charge in [0.1, 0.15) is 0 Å². The first kappa shape index (κ1) is 15.3. The highest BCUT2D eigenvalue weighted by Gasteiger charge is 2.40. The molecule has 1 saturated carbocycles. The first-order chi connectivity index (χ1) is 9.59. The van der Waals surface area contributed by atoms with Crippen LogP contribution >= 0.6 is 0 Å². The number of nitrogens with one attached hydrogen (secondary N) is 1. The number of carboxylic acid groups (broad SMARTS) is 1. The van der Waals surface area contributed by atoms with Crippen LogP contribution in [0.3, 0.4) is 0 Å². The molecule has 0 spiro atoms. The zero-order valence-electron chi connectivity index (χ0n) is 11.8. The minimum atomic E-state index is -0.749. The summed E-state index contributed by atoms with van der Waals surface area (Å²) in [5.74, 6) is -1.06. The first-order valence-corrected chi connectivity index (χ1v) is 7.38. The first-order valence-electron chi connectivity index (χ1n) is 7.38. The lowest BCUT2D eigenvalue weighted by Crippen LogP contribution is -2.50. The molecule has 1 amide bonds. The molecule has 20 heavy (non-hydrogen) atoms. The van der Waals surface area contributed by atoms with Crippen LogP contribution < -0.4 is 11.1 Å². The van der Waals surface area contributed by atoms with E-state index in [4.69, 9.17) is 15.6 Å². The van der Waals surface area contributed by atoms with Crippen molar-refractivity contribution in [2.24, 2.45) is 23.0 Å². The van der Waals surface area contributed by atoms with E-state index in [0.29, 0.717) is 45.6 Å². The molecule has 1 heterocycles. The van der Waals surface area contributed by atoms with Gasteiger partial charge in [-0.25, -0.2) is 0 Å². The lowest BCUT2D eigenvalue weighted by Gasteiger charge is -2.35. The van der Waals surface area contributed by atoms with Gasteiger partial charge in [-0.3, -0.25) is 9.59 Å². The molecule has 2 aliphatic rings. The van der Waals surface area contributed by atoms with Crippen molar-refractivity contribution in [3.05, 3.63) is 0 Å². The molecule has 1 aliphatic carbocycles. The zero-order valence-corrected chi connectivity index (χ0v) is 11.8. The van der Waals surface area contributed by atoms with E-state index >= 15 is 0 Å². The second-order valence-electron chi connectivity index (χ2n) is 5.94. The molecule has 0 bridgehead atoms. The van der Waals surface area contributed by atoms with Crippen molar-refractivity contribution in [2.75, 3.05) is 26.3 Å². The van der Waals surface area contributed by atoms with Gasteiger partial charge in [0, 0.05) is 26.3 Å². The maximum absolute atomic E-state index is 12.4. The SMILES string of the molecule is NCC1(C(=O)NCC2CCCC2C(=O)O)CCOCC1. The van der Waals surface area contributed by atoms with Crippen molar-refractivity contribution < 1.29 is 19.4 Å². The Kier molecular flexibility index (Phi) is 4.99. The Morgan fingerprint density at radius 1 is 1.30 bits per heavy atom. The quantitative estimate of drug-likeness (QED) is 0.676. The van der Waals surface area contributed by atoms with E-state index in [1.807, 2.05) is 0 Å². The monoisotopic (exact) mass is 284 g/mol. The van der Waals surface area contributed by atoms with E-state index < -0.39 is 11.4 Å². The van der Waals surface area contributed by atoms with Crippen LogP contribution in [-0.2, 0) is 14.3 Å². The summed E-state index contributed by atoms with van der Waals surface area (Å²) in [4.78, 5) is 23.5. The van der Waals surface area contributed by atoms with Crippen molar-refractivity contribution in [1.29, 1.82) is 0 Å². The van der Waals surface area contributed by atoms with E-state index in [0.717, 1.165) is 12.8 Å². The van der Waals surface area contributed by atoms with Gasteiger partial charge in [-0.15, -0.1) is 0 Å². The highest BCUT2D eigenvalue weighted by molar-refractivity contribution is 5.83. The van der Waals surface area contributed by atoms with Gasteiger partial charge in [0.15, 0.2) is 0 Å². The van der Waals surface area contributed by atoms with Crippen LogP contribution in [0.2, 0.25) is 0 Å². The lowest BCUT2D eigenvalue weighted by atomic mass is 9.79. The van der Waals surface area contributed by atoms with Gasteiger partial charge in [-0.1, -0.05) is 6.42 Å². The fraction of sp³-hybridized carbons (Fsp3) is 0.857. The Balaban J connectivity index is 1.89. The summed E-state index contributed by atoms with van der Waals surface area (Å²) in [5, 5.41) is 12.1. The van der Waals surface area contributed by atoms with Crippen molar-refractivity contribution in [1.82, 2.24) is 5.32 Å². The molecule has 2 rings (SSSR count). The third-order valence-electron chi connectivity index (χ3n) is 4.82. The van der Waals surface area contributed by atoms with Crippen molar-refractivity contribution >= 4 is 11.9 Å². The average molecular weight is 284 g/mol. The fourth-order valence-corrected chi connectivity index (χ4v) is 3.30. The molecule has 4 N–H and O–H groups in total. The number of carboxylic acids is 1. The van der Waals surface area contributed by atoms with Crippen LogP contribution in [0.25, 0.3) is 0 Å². The molecule has 114 valence electrons. The maximum atomic E-state index is 12.4. The van der Waals surface area contributed by atoms with Crippen molar-refractivity contribution in [3.63, 3.8) is 0 Å². The van der Waals surface area contributed by atoms with E-state index in [2.05, 4.69) is 5.32 Å². The zero-order chi connectivity index (χ0) is 14.6. The number of hydrogen-bond donors (Lipinski definition) is 3. The van der Waals surface area contributed by atoms with Crippen LogP contribution in [0, 0.1) is 17.3 Å². The smallest absolute Gasteiger partial charge is 0.306 e. The molecule has 1 aliphatic heterocycles. The van der Waals surface area contributed by atoms with Crippen LogP contribution in [0.1, 0.15) is 32.1 Å². The molecule has 2 atom stereocenters. The summed E-state index contributed by atoms with van der Waals surface area (Å²) in [7, 11) is 0. The van der Waals surface area contributed by atoms with Crippen LogP contribution in [0.15, 0.2) is 0 Å². The molecular formula is C14H24N2O4. The van der Waals surface area contributed by atoms with Gasteiger partial charge in [-0.2, -0.15) is 0 Å². The minimum Gasteiger partial charge on any atom is -0.481 e. The molecule has 0 aromatic rings. The summed E-state index contributed by atoms with van der Waals surface area (Å²) >= 11 is 0. The molecule has 6 nitrogen and oxygen atoms in total. The minimum absolute atomic E-state index is 0.0423.